The molecule has 0 saturated carbocycles. The Kier molecular flexibility index (Phi) is 3.88. The van der Waals surface area contributed by atoms with Gasteiger partial charge in [-0.25, -0.2) is 0 Å². The van der Waals surface area contributed by atoms with E-state index >= 15 is 0 Å². The van der Waals surface area contributed by atoms with E-state index < -0.39 is 0 Å². The lowest BCUT2D eigenvalue weighted by Crippen LogP contribution is -2.05. The van der Waals surface area contributed by atoms with Gasteiger partial charge in [-0.1, -0.05) is 6.92 Å². The number of ether oxygens (including phenoxy) is 1. The normalized spacial score (nSPS) is 11.2. The van der Waals surface area contributed by atoms with Crippen molar-refractivity contribution in [2.75, 3.05) is 0 Å². The van der Waals surface area contributed by atoms with E-state index in [-0.39, 0.29) is 0 Å². The van der Waals surface area contributed by atoms with Crippen molar-refractivity contribution in [1.82, 2.24) is 0 Å². The average molecular weight is 115 g/mol. The second-order valence-corrected chi connectivity index (χ2v) is 2.22. The summed E-state index contributed by atoms with van der Waals surface area (Å²) in [7, 11) is 0. The Morgan fingerprint density at radius 3 is 2.12 bits per heavy atom. The summed E-state index contributed by atoms with van der Waals surface area (Å²) in [5.74, 6) is 0. The SMILES string of the molecule is CC[C](C)OC(C)C. The molecule has 8 heavy (non-hydrogen) atoms. The molecule has 0 atom stereocenters. The van der Waals surface area contributed by atoms with Crippen LogP contribution in [0, 0.1) is 6.10 Å². The van der Waals surface area contributed by atoms with Crippen LogP contribution in [-0.2, 0) is 4.74 Å². The van der Waals surface area contributed by atoms with E-state index in [1.165, 1.54) is 0 Å². The van der Waals surface area contributed by atoms with Crippen molar-refractivity contribution in [2.24, 2.45) is 0 Å². The van der Waals surface area contributed by atoms with Crippen LogP contribution in [0.15, 0.2) is 0 Å². The molecule has 0 fully saturated rings. The van der Waals surface area contributed by atoms with Crippen LogP contribution in [0.2, 0.25) is 0 Å². The molecule has 0 aromatic carbocycles. The van der Waals surface area contributed by atoms with Gasteiger partial charge in [-0.15, -0.1) is 0 Å². The first-order valence-electron chi connectivity index (χ1n) is 3.16. The zero-order valence-electron chi connectivity index (χ0n) is 6.19. The van der Waals surface area contributed by atoms with Gasteiger partial charge >= 0.3 is 0 Å². The minimum Gasteiger partial charge on any atom is -0.370 e. The largest absolute Gasteiger partial charge is 0.370 e. The molecule has 0 amide bonds. The second-order valence-electron chi connectivity index (χ2n) is 2.22. The fraction of sp³-hybridized carbons (Fsp3) is 0.857. The van der Waals surface area contributed by atoms with Crippen molar-refractivity contribution in [3.05, 3.63) is 6.10 Å². The predicted molar refractivity (Wildman–Crippen MR) is 35.4 cm³/mol. The van der Waals surface area contributed by atoms with Gasteiger partial charge in [0.1, 0.15) is 0 Å². The van der Waals surface area contributed by atoms with Crippen LogP contribution in [0.4, 0.5) is 0 Å². The molecule has 0 aromatic rings. The van der Waals surface area contributed by atoms with Crippen LogP contribution >= 0.6 is 0 Å². The van der Waals surface area contributed by atoms with Crippen molar-refractivity contribution in [3.8, 4) is 0 Å². The molecule has 0 aliphatic rings. The molecule has 0 aliphatic carbocycles. The third kappa shape index (κ3) is 4.13. The molecule has 0 aliphatic heterocycles. The van der Waals surface area contributed by atoms with Gasteiger partial charge in [0.05, 0.1) is 12.2 Å². The van der Waals surface area contributed by atoms with E-state index in [0.717, 1.165) is 12.5 Å². The van der Waals surface area contributed by atoms with Crippen molar-refractivity contribution >= 4 is 0 Å². The Hall–Kier alpha value is -0.0400. The molecule has 0 bridgehead atoms. The Bertz CT molecular complexity index is 50.3. The molecule has 0 aromatic heterocycles. The van der Waals surface area contributed by atoms with Gasteiger partial charge in [-0.3, -0.25) is 0 Å². The molecule has 0 saturated heterocycles. The highest BCUT2D eigenvalue weighted by molar-refractivity contribution is 4.68. The summed E-state index contributed by atoms with van der Waals surface area (Å²) in [6, 6.07) is 0. The molecule has 49 valence electrons. The first-order valence-corrected chi connectivity index (χ1v) is 3.16. The quantitative estimate of drug-likeness (QED) is 0.548. The molecule has 1 heteroatoms. The second kappa shape index (κ2) is 3.90. The van der Waals surface area contributed by atoms with Crippen LogP contribution in [0.1, 0.15) is 34.1 Å². The lowest BCUT2D eigenvalue weighted by atomic mass is 10.3. The van der Waals surface area contributed by atoms with Crippen LogP contribution in [0.3, 0.4) is 0 Å². The van der Waals surface area contributed by atoms with E-state index in [4.69, 9.17) is 4.74 Å². The summed E-state index contributed by atoms with van der Waals surface area (Å²) in [6.07, 6.45) is 2.49. The van der Waals surface area contributed by atoms with Gasteiger partial charge in [0.25, 0.3) is 0 Å². The molecular weight excluding hydrogens is 100 g/mol. The van der Waals surface area contributed by atoms with Gasteiger partial charge in [-0.2, -0.15) is 0 Å². The Balaban J connectivity index is 3.10. The summed E-state index contributed by atoms with van der Waals surface area (Å²) in [4.78, 5) is 0. The van der Waals surface area contributed by atoms with E-state index in [1.807, 2.05) is 20.8 Å². The highest BCUT2D eigenvalue weighted by atomic mass is 16.5. The molecule has 0 heterocycles. The van der Waals surface area contributed by atoms with Gasteiger partial charge in [0.2, 0.25) is 0 Å². The number of hydrogen-bond acceptors (Lipinski definition) is 1. The topological polar surface area (TPSA) is 9.23 Å². The van der Waals surface area contributed by atoms with Gasteiger partial charge in [0.15, 0.2) is 0 Å². The van der Waals surface area contributed by atoms with Crippen LogP contribution in [-0.4, -0.2) is 6.10 Å². The maximum atomic E-state index is 5.32. The maximum absolute atomic E-state index is 5.32. The first kappa shape index (κ1) is 7.96. The minimum atomic E-state index is 0.343. The van der Waals surface area contributed by atoms with E-state index in [2.05, 4.69) is 6.92 Å². The molecule has 1 nitrogen and oxygen atoms in total. The lowest BCUT2D eigenvalue weighted by molar-refractivity contribution is 0.0889. The fourth-order valence-electron chi connectivity index (χ4n) is 0.486. The molecule has 0 unspecified atom stereocenters. The van der Waals surface area contributed by atoms with E-state index in [1.54, 1.807) is 0 Å². The average Bonchev–Trinajstić information content (AvgIpc) is 1.65. The van der Waals surface area contributed by atoms with Crippen molar-refractivity contribution in [2.45, 2.75) is 40.2 Å². The number of rotatable bonds is 3. The molecule has 0 N–H and O–H groups in total. The van der Waals surface area contributed by atoms with E-state index in [9.17, 15) is 0 Å². The van der Waals surface area contributed by atoms with Gasteiger partial charge < -0.3 is 4.74 Å². The lowest BCUT2D eigenvalue weighted by Gasteiger charge is -2.11. The first-order chi connectivity index (χ1) is 3.66. The highest BCUT2D eigenvalue weighted by Gasteiger charge is 2.00. The Labute approximate surface area is 52.0 Å². The van der Waals surface area contributed by atoms with Crippen molar-refractivity contribution < 1.29 is 4.74 Å². The standard InChI is InChI=1S/C7H15O/c1-5-7(4)8-6(2)3/h6H,5H2,1-4H3. The monoisotopic (exact) mass is 115 g/mol. The van der Waals surface area contributed by atoms with Crippen molar-refractivity contribution in [3.63, 3.8) is 0 Å². The number of hydrogen-bond donors (Lipinski definition) is 0. The summed E-state index contributed by atoms with van der Waals surface area (Å²) < 4.78 is 5.32. The molecule has 0 spiro atoms. The Morgan fingerprint density at radius 2 is 2.00 bits per heavy atom. The van der Waals surface area contributed by atoms with Crippen LogP contribution < -0.4 is 0 Å². The summed E-state index contributed by atoms with van der Waals surface area (Å²) in [5, 5.41) is 0. The summed E-state index contributed by atoms with van der Waals surface area (Å²) >= 11 is 0. The predicted octanol–water partition coefficient (Wildman–Crippen LogP) is 2.37. The minimum absolute atomic E-state index is 0.343. The molecule has 1 radical (unpaired) electrons. The zero-order chi connectivity index (χ0) is 6.57. The van der Waals surface area contributed by atoms with E-state index in [0.29, 0.717) is 6.10 Å². The van der Waals surface area contributed by atoms with Crippen molar-refractivity contribution in [1.29, 1.82) is 0 Å². The van der Waals surface area contributed by atoms with Crippen LogP contribution in [0.5, 0.6) is 0 Å². The third-order valence-corrected chi connectivity index (χ3v) is 0.935. The Morgan fingerprint density at radius 1 is 1.50 bits per heavy atom. The summed E-state index contributed by atoms with van der Waals surface area (Å²) in [6.45, 7) is 8.19. The van der Waals surface area contributed by atoms with Gasteiger partial charge in [0, 0.05) is 0 Å². The highest BCUT2D eigenvalue weighted by Crippen LogP contribution is 2.07. The third-order valence-electron chi connectivity index (χ3n) is 0.935. The smallest absolute Gasteiger partial charge is 0.0941 e. The van der Waals surface area contributed by atoms with Crippen LogP contribution in [0.25, 0.3) is 0 Å². The fourth-order valence-corrected chi connectivity index (χ4v) is 0.486. The van der Waals surface area contributed by atoms with Gasteiger partial charge in [-0.05, 0) is 27.2 Å². The summed E-state index contributed by atoms with van der Waals surface area (Å²) in [5.41, 5.74) is 0. The maximum Gasteiger partial charge on any atom is 0.0941 e. The zero-order valence-corrected chi connectivity index (χ0v) is 6.19. The molecule has 0 rings (SSSR count). The molecular formula is C7H15O.